The lowest BCUT2D eigenvalue weighted by Crippen LogP contribution is -2.44. The first-order valence-electron chi connectivity index (χ1n) is 6.96. The molecule has 2 amide bonds. The van der Waals surface area contributed by atoms with E-state index in [0.717, 1.165) is 58.2 Å². The maximum atomic E-state index is 11.9. The Morgan fingerprint density at radius 2 is 1.76 bits per heavy atom. The third-order valence-electron chi connectivity index (χ3n) is 4.00. The van der Waals surface area contributed by atoms with Crippen molar-refractivity contribution in [1.29, 1.82) is 0 Å². The first-order chi connectivity index (χ1) is 8.25. The Morgan fingerprint density at radius 1 is 1.12 bits per heavy atom. The van der Waals surface area contributed by atoms with Gasteiger partial charge in [-0.05, 0) is 50.9 Å². The van der Waals surface area contributed by atoms with E-state index in [2.05, 4.69) is 5.32 Å². The highest BCUT2D eigenvalue weighted by molar-refractivity contribution is 5.74. The maximum Gasteiger partial charge on any atom is 0.317 e. The number of piperidine rings is 1. The number of amides is 2. The van der Waals surface area contributed by atoms with E-state index in [-0.39, 0.29) is 12.1 Å². The van der Waals surface area contributed by atoms with Crippen LogP contribution in [0.3, 0.4) is 0 Å². The summed E-state index contributed by atoms with van der Waals surface area (Å²) in [5, 5.41) is 12.5. The Balaban J connectivity index is 1.65. The van der Waals surface area contributed by atoms with Gasteiger partial charge in [0, 0.05) is 19.6 Å². The summed E-state index contributed by atoms with van der Waals surface area (Å²) in [6, 6.07) is 0.107. The second-order valence-corrected chi connectivity index (χ2v) is 5.41. The normalized spacial score (nSPS) is 30.1. The number of hydrogen-bond donors (Lipinski definition) is 2. The van der Waals surface area contributed by atoms with Crippen LogP contribution in [0.5, 0.6) is 0 Å². The van der Waals surface area contributed by atoms with Crippen LogP contribution < -0.4 is 5.32 Å². The minimum absolute atomic E-state index is 0.107. The fourth-order valence-electron chi connectivity index (χ4n) is 2.79. The Morgan fingerprint density at radius 3 is 2.41 bits per heavy atom. The van der Waals surface area contributed by atoms with E-state index in [9.17, 15) is 9.90 Å². The van der Waals surface area contributed by atoms with Crippen LogP contribution in [0.2, 0.25) is 0 Å². The number of urea groups is 1. The molecule has 0 unspecified atom stereocenters. The van der Waals surface area contributed by atoms with Crippen LogP contribution in [-0.4, -0.2) is 41.8 Å². The summed E-state index contributed by atoms with van der Waals surface area (Å²) in [7, 11) is 0. The molecule has 0 aromatic carbocycles. The third-order valence-corrected chi connectivity index (χ3v) is 4.00. The smallest absolute Gasteiger partial charge is 0.317 e. The molecule has 0 spiro atoms. The van der Waals surface area contributed by atoms with Crippen molar-refractivity contribution in [2.75, 3.05) is 19.6 Å². The fourth-order valence-corrected chi connectivity index (χ4v) is 2.79. The van der Waals surface area contributed by atoms with Crippen molar-refractivity contribution in [3.8, 4) is 0 Å². The van der Waals surface area contributed by atoms with Gasteiger partial charge in [0.2, 0.25) is 0 Å². The minimum atomic E-state index is -0.107. The van der Waals surface area contributed by atoms with Crippen molar-refractivity contribution in [3.05, 3.63) is 0 Å². The largest absolute Gasteiger partial charge is 0.393 e. The second kappa shape index (κ2) is 6.24. The molecular formula is C13H24N2O2. The summed E-state index contributed by atoms with van der Waals surface area (Å²) in [6.07, 6.45) is 7.30. The van der Waals surface area contributed by atoms with Gasteiger partial charge < -0.3 is 15.3 Å². The van der Waals surface area contributed by atoms with Crippen LogP contribution in [0.25, 0.3) is 0 Å². The van der Waals surface area contributed by atoms with Gasteiger partial charge in [0.25, 0.3) is 0 Å². The maximum absolute atomic E-state index is 11.9. The number of aliphatic hydroxyl groups excluding tert-OH is 1. The highest BCUT2D eigenvalue weighted by Crippen LogP contribution is 2.23. The van der Waals surface area contributed by atoms with Crippen molar-refractivity contribution >= 4 is 6.03 Å². The van der Waals surface area contributed by atoms with E-state index in [0.29, 0.717) is 5.92 Å². The average molecular weight is 240 g/mol. The molecule has 1 heterocycles. The first-order valence-corrected chi connectivity index (χ1v) is 6.96. The number of carbonyl (C=O) groups excluding carboxylic acids is 1. The van der Waals surface area contributed by atoms with Gasteiger partial charge in [-0.3, -0.25) is 0 Å². The minimum Gasteiger partial charge on any atom is -0.393 e. The lowest BCUT2D eigenvalue weighted by atomic mass is 9.87. The van der Waals surface area contributed by atoms with Gasteiger partial charge in [0.15, 0.2) is 0 Å². The third kappa shape index (κ3) is 3.87. The number of likely N-dealkylation sites (tertiary alicyclic amines) is 1. The lowest BCUT2D eigenvalue weighted by Gasteiger charge is -2.29. The number of rotatable bonds is 2. The number of nitrogens with one attached hydrogen (secondary N) is 1. The molecule has 1 saturated heterocycles. The van der Waals surface area contributed by atoms with Gasteiger partial charge in [-0.15, -0.1) is 0 Å². The SMILES string of the molecule is O=C(NCC1CCC(O)CC1)N1CCCCC1. The molecule has 2 N–H and O–H groups in total. The van der Waals surface area contributed by atoms with Crippen LogP contribution >= 0.6 is 0 Å². The van der Waals surface area contributed by atoms with E-state index >= 15 is 0 Å². The second-order valence-electron chi connectivity index (χ2n) is 5.41. The zero-order chi connectivity index (χ0) is 12.1. The molecule has 4 nitrogen and oxygen atoms in total. The summed E-state index contributed by atoms with van der Waals surface area (Å²) in [6.45, 7) is 2.60. The molecule has 2 aliphatic rings. The summed E-state index contributed by atoms with van der Waals surface area (Å²) < 4.78 is 0. The quantitative estimate of drug-likeness (QED) is 0.772. The highest BCUT2D eigenvalue weighted by atomic mass is 16.3. The van der Waals surface area contributed by atoms with Crippen LogP contribution in [0.1, 0.15) is 44.9 Å². The van der Waals surface area contributed by atoms with Crippen molar-refractivity contribution in [2.24, 2.45) is 5.92 Å². The molecule has 0 bridgehead atoms. The number of carbonyl (C=O) groups is 1. The van der Waals surface area contributed by atoms with E-state index in [1.807, 2.05) is 4.90 Å². The summed E-state index contributed by atoms with van der Waals surface area (Å²) >= 11 is 0. The zero-order valence-electron chi connectivity index (χ0n) is 10.5. The van der Waals surface area contributed by atoms with E-state index in [1.54, 1.807) is 0 Å². The monoisotopic (exact) mass is 240 g/mol. The summed E-state index contributed by atoms with van der Waals surface area (Å²) in [4.78, 5) is 13.8. The Labute approximate surface area is 103 Å². The van der Waals surface area contributed by atoms with Gasteiger partial charge in [-0.25, -0.2) is 4.79 Å². The van der Waals surface area contributed by atoms with Gasteiger partial charge in [-0.1, -0.05) is 0 Å². The molecule has 1 saturated carbocycles. The van der Waals surface area contributed by atoms with E-state index in [4.69, 9.17) is 0 Å². The topological polar surface area (TPSA) is 52.6 Å². The molecule has 0 atom stereocenters. The van der Waals surface area contributed by atoms with E-state index in [1.165, 1.54) is 6.42 Å². The number of nitrogens with zero attached hydrogens (tertiary/aromatic N) is 1. The van der Waals surface area contributed by atoms with Crippen LogP contribution in [-0.2, 0) is 0 Å². The first kappa shape index (κ1) is 12.7. The van der Waals surface area contributed by atoms with Gasteiger partial charge >= 0.3 is 6.03 Å². The van der Waals surface area contributed by atoms with Gasteiger partial charge in [-0.2, -0.15) is 0 Å². The molecule has 0 aromatic heterocycles. The van der Waals surface area contributed by atoms with Crippen molar-refractivity contribution in [2.45, 2.75) is 51.0 Å². The molecule has 1 aliphatic carbocycles. The van der Waals surface area contributed by atoms with E-state index < -0.39 is 0 Å². The molecule has 0 radical (unpaired) electrons. The lowest BCUT2D eigenvalue weighted by molar-refractivity contribution is 0.108. The average Bonchev–Trinajstić information content (AvgIpc) is 2.39. The Kier molecular flexibility index (Phi) is 4.66. The van der Waals surface area contributed by atoms with Crippen LogP contribution in [0, 0.1) is 5.92 Å². The van der Waals surface area contributed by atoms with Crippen molar-refractivity contribution in [1.82, 2.24) is 10.2 Å². The molecule has 2 fully saturated rings. The summed E-state index contributed by atoms with van der Waals surface area (Å²) in [5.74, 6) is 0.562. The molecule has 0 aromatic rings. The zero-order valence-corrected chi connectivity index (χ0v) is 10.5. The van der Waals surface area contributed by atoms with Gasteiger partial charge in [0.1, 0.15) is 0 Å². The van der Waals surface area contributed by atoms with Crippen molar-refractivity contribution < 1.29 is 9.90 Å². The molecule has 2 rings (SSSR count). The fraction of sp³-hybridized carbons (Fsp3) is 0.923. The molecule has 4 heteroatoms. The molecule has 98 valence electrons. The highest BCUT2D eigenvalue weighted by Gasteiger charge is 2.21. The molecular weight excluding hydrogens is 216 g/mol. The van der Waals surface area contributed by atoms with Crippen molar-refractivity contribution in [3.63, 3.8) is 0 Å². The predicted molar refractivity (Wildman–Crippen MR) is 66.8 cm³/mol. The number of hydrogen-bond acceptors (Lipinski definition) is 2. The number of aliphatic hydroxyl groups is 1. The molecule has 17 heavy (non-hydrogen) atoms. The Hall–Kier alpha value is -0.770. The van der Waals surface area contributed by atoms with Crippen LogP contribution in [0.15, 0.2) is 0 Å². The predicted octanol–water partition coefficient (Wildman–Crippen LogP) is 1.73. The van der Waals surface area contributed by atoms with Crippen LogP contribution in [0.4, 0.5) is 4.79 Å². The summed E-state index contributed by atoms with van der Waals surface area (Å²) in [5.41, 5.74) is 0. The Bertz CT molecular complexity index is 244. The van der Waals surface area contributed by atoms with Gasteiger partial charge in [0.05, 0.1) is 6.10 Å². The standard InChI is InChI=1S/C13H24N2O2/c16-12-6-4-11(5-7-12)10-14-13(17)15-8-2-1-3-9-15/h11-12,16H,1-10H2,(H,14,17). The molecule has 1 aliphatic heterocycles.